The molecule has 8 heteroatoms. The number of carbonyl (C=O) groups excluding carboxylic acids is 2. The summed E-state index contributed by atoms with van der Waals surface area (Å²) < 4.78 is 11.1. The minimum Gasteiger partial charge on any atom is -0.485 e. The van der Waals surface area contributed by atoms with E-state index in [9.17, 15) is 9.59 Å². The van der Waals surface area contributed by atoms with Crippen molar-refractivity contribution in [3.63, 3.8) is 0 Å². The number of carbonyl (C=O) groups is 2. The largest absolute Gasteiger partial charge is 0.485 e. The average Bonchev–Trinajstić information content (AvgIpc) is 3.18. The molecule has 2 heterocycles. The van der Waals surface area contributed by atoms with E-state index < -0.39 is 17.9 Å². The summed E-state index contributed by atoms with van der Waals surface area (Å²) in [4.78, 5) is 24.8. The van der Waals surface area contributed by atoms with E-state index >= 15 is 0 Å². The molecule has 130 valence electrons. The molecule has 0 unspecified atom stereocenters. The summed E-state index contributed by atoms with van der Waals surface area (Å²) >= 11 is 1.50. The van der Waals surface area contributed by atoms with Gasteiger partial charge in [0.15, 0.2) is 11.5 Å². The van der Waals surface area contributed by atoms with Crippen LogP contribution in [0.2, 0.25) is 0 Å². The summed E-state index contributed by atoms with van der Waals surface area (Å²) in [5.41, 5.74) is 5.77. The lowest BCUT2D eigenvalue weighted by atomic mass is 10.2. The highest BCUT2D eigenvalue weighted by Crippen LogP contribution is 2.30. The van der Waals surface area contributed by atoms with Crippen LogP contribution in [0.3, 0.4) is 0 Å². The van der Waals surface area contributed by atoms with E-state index in [2.05, 4.69) is 22.7 Å². The normalized spacial score (nSPS) is 15.1. The number of fused-ring (bicyclic) bond motifs is 1. The van der Waals surface area contributed by atoms with Gasteiger partial charge < -0.3 is 14.8 Å². The molecule has 2 amide bonds. The second-order valence-electron chi connectivity index (χ2n) is 5.21. The minimum atomic E-state index is -0.795. The van der Waals surface area contributed by atoms with Crippen LogP contribution in [0, 0.1) is 0 Å². The van der Waals surface area contributed by atoms with Crippen molar-refractivity contribution in [2.75, 3.05) is 13.2 Å². The predicted octanol–water partition coefficient (Wildman–Crippen LogP) is 1.30. The summed E-state index contributed by atoms with van der Waals surface area (Å²) in [6.07, 6.45) is -0.795. The van der Waals surface area contributed by atoms with Gasteiger partial charge >= 0.3 is 0 Å². The molecular formula is C17H17N3O4S. The van der Waals surface area contributed by atoms with Crippen LogP contribution < -0.4 is 25.6 Å². The average molecular weight is 359 g/mol. The van der Waals surface area contributed by atoms with Crippen LogP contribution in [-0.4, -0.2) is 31.1 Å². The van der Waals surface area contributed by atoms with Gasteiger partial charge in [0.1, 0.15) is 6.61 Å². The van der Waals surface area contributed by atoms with Crippen LogP contribution in [0.4, 0.5) is 0 Å². The fourth-order valence-corrected chi connectivity index (χ4v) is 2.79. The lowest BCUT2D eigenvalue weighted by molar-refractivity contribution is -0.132. The van der Waals surface area contributed by atoms with Crippen molar-refractivity contribution in [3.8, 4) is 11.5 Å². The highest BCUT2D eigenvalue weighted by Gasteiger charge is 2.27. The molecule has 3 N–H and O–H groups in total. The van der Waals surface area contributed by atoms with Crippen molar-refractivity contribution >= 4 is 28.8 Å². The summed E-state index contributed by atoms with van der Waals surface area (Å²) in [5, 5.41) is 4.43. The SMILES string of the molecule is C=C(NNC(=O)CNC(=O)[C@H]1COc2ccccc2O1)c1cccs1. The Labute approximate surface area is 148 Å². The molecular weight excluding hydrogens is 342 g/mol. The second-order valence-corrected chi connectivity index (χ2v) is 6.16. The van der Waals surface area contributed by atoms with Crippen molar-refractivity contribution < 1.29 is 19.1 Å². The number of amides is 2. The van der Waals surface area contributed by atoms with Gasteiger partial charge in [-0.05, 0) is 23.6 Å². The molecule has 25 heavy (non-hydrogen) atoms. The molecule has 3 rings (SSSR count). The summed E-state index contributed by atoms with van der Waals surface area (Å²) in [6.45, 7) is 3.73. The molecule has 7 nitrogen and oxygen atoms in total. The Morgan fingerprint density at radius 2 is 1.96 bits per heavy atom. The van der Waals surface area contributed by atoms with Crippen LogP contribution >= 0.6 is 11.3 Å². The maximum Gasteiger partial charge on any atom is 0.265 e. The van der Waals surface area contributed by atoms with Crippen molar-refractivity contribution in [2.45, 2.75) is 6.10 Å². The van der Waals surface area contributed by atoms with Crippen molar-refractivity contribution in [3.05, 3.63) is 53.2 Å². The van der Waals surface area contributed by atoms with E-state index in [-0.39, 0.29) is 13.2 Å². The second kappa shape index (κ2) is 7.71. The standard InChI is InChI=1S/C17H17N3O4S/c1-11(15-7-4-8-25-15)19-20-16(21)9-18-17(22)14-10-23-12-5-2-3-6-13(12)24-14/h2-8,14,19H,1,9-10H2,(H,18,22)(H,20,21)/t14-/m1/s1. The smallest absolute Gasteiger partial charge is 0.265 e. The Hall–Kier alpha value is -3.00. The molecule has 0 fully saturated rings. The molecule has 2 aromatic rings. The minimum absolute atomic E-state index is 0.0951. The van der Waals surface area contributed by atoms with Gasteiger partial charge in [0, 0.05) is 0 Å². The third-order valence-corrected chi connectivity index (χ3v) is 4.33. The zero-order chi connectivity index (χ0) is 17.6. The van der Waals surface area contributed by atoms with Crippen LogP contribution in [0.5, 0.6) is 11.5 Å². The van der Waals surface area contributed by atoms with Gasteiger partial charge in [0.2, 0.25) is 6.10 Å². The molecule has 1 aliphatic rings. The number of hydrogen-bond acceptors (Lipinski definition) is 6. The highest BCUT2D eigenvalue weighted by atomic mass is 32.1. The summed E-state index contributed by atoms with van der Waals surface area (Å²) in [5.74, 6) is 0.290. The van der Waals surface area contributed by atoms with Gasteiger partial charge in [-0.15, -0.1) is 11.3 Å². The van der Waals surface area contributed by atoms with Crippen LogP contribution in [0.15, 0.2) is 48.4 Å². The van der Waals surface area contributed by atoms with Crippen LogP contribution in [0.1, 0.15) is 4.88 Å². The van der Waals surface area contributed by atoms with Gasteiger partial charge in [-0.2, -0.15) is 0 Å². The fraction of sp³-hybridized carbons (Fsp3) is 0.176. The number of rotatable bonds is 6. The topological polar surface area (TPSA) is 88.7 Å². The van der Waals surface area contributed by atoms with Crippen molar-refractivity contribution in [1.82, 2.24) is 16.2 Å². The maximum absolute atomic E-state index is 12.1. The summed E-state index contributed by atoms with van der Waals surface area (Å²) in [6, 6.07) is 10.9. The van der Waals surface area contributed by atoms with E-state index in [4.69, 9.17) is 9.47 Å². The molecule has 1 aromatic heterocycles. The van der Waals surface area contributed by atoms with Crippen LogP contribution in [0.25, 0.3) is 5.70 Å². The Balaban J connectivity index is 1.42. The van der Waals surface area contributed by atoms with Crippen LogP contribution in [-0.2, 0) is 9.59 Å². The first-order valence-corrected chi connectivity index (χ1v) is 8.45. The number of para-hydroxylation sites is 2. The van der Waals surface area contributed by atoms with Crippen molar-refractivity contribution in [1.29, 1.82) is 0 Å². The fourth-order valence-electron chi connectivity index (χ4n) is 2.13. The van der Waals surface area contributed by atoms with E-state index in [0.717, 1.165) is 4.88 Å². The molecule has 0 saturated heterocycles. The van der Waals surface area contributed by atoms with Gasteiger partial charge in [-0.25, -0.2) is 0 Å². The zero-order valence-corrected chi connectivity index (χ0v) is 14.1. The molecule has 0 spiro atoms. The lowest BCUT2D eigenvalue weighted by Gasteiger charge is -2.25. The number of nitrogens with one attached hydrogen (secondary N) is 3. The highest BCUT2D eigenvalue weighted by molar-refractivity contribution is 7.11. The van der Waals surface area contributed by atoms with E-state index in [1.54, 1.807) is 18.2 Å². The first-order chi connectivity index (χ1) is 12.1. The van der Waals surface area contributed by atoms with E-state index in [1.807, 2.05) is 23.6 Å². The third-order valence-electron chi connectivity index (χ3n) is 3.40. The first kappa shape index (κ1) is 16.8. The van der Waals surface area contributed by atoms with E-state index in [1.165, 1.54) is 11.3 Å². The monoisotopic (exact) mass is 359 g/mol. The van der Waals surface area contributed by atoms with Gasteiger partial charge in [-0.1, -0.05) is 24.8 Å². The quantitative estimate of drug-likeness (QED) is 0.677. The number of hydrazine groups is 1. The molecule has 1 atom stereocenters. The Morgan fingerprint density at radius 3 is 2.72 bits per heavy atom. The number of thiophene rings is 1. The Bertz CT molecular complexity index is 776. The third kappa shape index (κ3) is 4.30. The number of hydrogen-bond donors (Lipinski definition) is 3. The number of ether oxygens (including phenoxy) is 2. The molecule has 0 radical (unpaired) electrons. The van der Waals surface area contributed by atoms with E-state index in [0.29, 0.717) is 17.2 Å². The predicted molar refractivity (Wildman–Crippen MR) is 94.0 cm³/mol. The maximum atomic E-state index is 12.1. The van der Waals surface area contributed by atoms with Gasteiger partial charge in [0.25, 0.3) is 11.8 Å². The van der Waals surface area contributed by atoms with Gasteiger partial charge in [0.05, 0.1) is 17.1 Å². The van der Waals surface area contributed by atoms with Crippen molar-refractivity contribution in [2.24, 2.45) is 0 Å². The number of benzene rings is 1. The van der Waals surface area contributed by atoms with Gasteiger partial charge in [-0.3, -0.25) is 20.4 Å². The molecule has 0 bridgehead atoms. The Kier molecular flexibility index (Phi) is 5.20. The molecule has 0 saturated carbocycles. The molecule has 1 aliphatic heterocycles. The molecule has 0 aliphatic carbocycles. The first-order valence-electron chi connectivity index (χ1n) is 7.57. The zero-order valence-electron chi connectivity index (χ0n) is 13.3. The summed E-state index contributed by atoms with van der Waals surface area (Å²) in [7, 11) is 0. The lowest BCUT2D eigenvalue weighted by Crippen LogP contribution is -2.48. The Morgan fingerprint density at radius 1 is 1.16 bits per heavy atom. The molecule has 1 aromatic carbocycles.